The fourth-order valence-corrected chi connectivity index (χ4v) is 1.56. The van der Waals surface area contributed by atoms with Crippen molar-refractivity contribution in [3.05, 3.63) is 25.1 Å². The Balaban J connectivity index is 2.44. The topological polar surface area (TPSA) is 50.9 Å². The van der Waals surface area contributed by atoms with Gasteiger partial charge in [0, 0.05) is 40.3 Å². The number of piperazine rings is 1. The third-order valence-corrected chi connectivity index (χ3v) is 2.67. The van der Waals surface area contributed by atoms with Gasteiger partial charge in [-0.2, -0.15) is 5.12 Å². The first kappa shape index (κ1) is 13.7. The van der Waals surface area contributed by atoms with Crippen molar-refractivity contribution >= 4 is 5.91 Å². The average molecular weight is 239 g/mol. The molecular formula is C11H21N5O. The second kappa shape index (κ2) is 6.39. The van der Waals surface area contributed by atoms with E-state index in [2.05, 4.69) is 28.9 Å². The zero-order valence-corrected chi connectivity index (χ0v) is 10.6. The van der Waals surface area contributed by atoms with E-state index in [0.29, 0.717) is 5.70 Å². The van der Waals surface area contributed by atoms with Crippen molar-refractivity contribution in [2.75, 3.05) is 40.3 Å². The van der Waals surface area contributed by atoms with Crippen molar-refractivity contribution < 1.29 is 4.79 Å². The van der Waals surface area contributed by atoms with Crippen molar-refractivity contribution in [1.82, 2.24) is 25.8 Å². The van der Waals surface area contributed by atoms with Gasteiger partial charge in [0.1, 0.15) is 5.70 Å². The molecule has 6 heteroatoms. The molecular weight excluding hydrogens is 218 g/mol. The third kappa shape index (κ3) is 3.85. The molecule has 1 saturated heterocycles. The molecule has 0 aromatic rings. The van der Waals surface area contributed by atoms with Gasteiger partial charge in [-0.05, 0) is 6.20 Å². The van der Waals surface area contributed by atoms with Gasteiger partial charge < -0.3 is 15.6 Å². The molecule has 0 radical (unpaired) electrons. The normalized spacial score (nSPS) is 16.6. The number of likely N-dealkylation sites (N-methyl/N-ethyl adjacent to an activating group) is 1. The van der Waals surface area contributed by atoms with Crippen LogP contribution in [0.2, 0.25) is 0 Å². The molecule has 1 aliphatic heterocycles. The Kier molecular flexibility index (Phi) is 5.14. The van der Waals surface area contributed by atoms with E-state index in [9.17, 15) is 4.79 Å². The smallest absolute Gasteiger partial charge is 0.274 e. The van der Waals surface area contributed by atoms with Crippen molar-refractivity contribution in [3.63, 3.8) is 0 Å². The minimum atomic E-state index is -0.193. The number of hydrogen-bond donors (Lipinski definition) is 2. The lowest BCUT2D eigenvalue weighted by Crippen LogP contribution is -2.56. The fourth-order valence-electron chi connectivity index (χ4n) is 1.56. The number of nitrogens with zero attached hydrogens (tertiary/aromatic N) is 3. The largest absolute Gasteiger partial charge is 0.317 e. The molecule has 1 rings (SSSR count). The summed E-state index contributed by atoms with van der Waals surface area (Å²) in [7, 11) is 3.52. The highest BCUT2D eigenvalue weighted by molar-refractivity contribution is 5.92. The van der Waals surface area contributed by atoms with Crippen LogP contribution in [0.4, 0.5) is 0 Å². The van der Waals surface area contributed by atoms with Crippen LogP contribution in [0.5, 0.6) is 0 Å². The number of carbonyl (C=O) groups excluding carboxylic acids is 1. The van der Waals surface area contributed by atoms with E-state index < -0.39 is 0 Å². The maximum atomic E-state index is 11.7. The van der Waals surface area contributed by atoms with Gasteiger partial charge in [0.25, 0.3) is 5.91 Å². The van der Waals surface area contributed by atoms with Gasteiger partial charge in [-0.15, -0.1) is 0 Å². The van der Waals surface area contributed by atoms with Gasteiger partial charge >= 0.3 is 0 Å². The van der Waals surface area contributed by atoms with Crippen LogP contribution in [0, 0.1) is 0 Å². The second-order valence-electron chi connectivity index (χ2n) is 3.92. The Morgan fingerprint density at radius 3 is 2.53 bits per heavy atom. The fraction of sp³-hybridized carbons (Fsp3) is 0.545. The third-order valence-electron chi connectivity index (χ3n) is 2.67. The van der Waals surface area contributed by atoms with Crippen LogP contribution in [-0.4, -0.2) is 61.2 Å². The molecule has 1 amide bonds. The minimum absolute atomic E-state index is 0.193. The van der Waals surface area contributed by atoms with Crippen LogP contribution in [0.25, 0.3) is 0 Å². The van der Waals surface area contributed by atoms with Crippen molar-refractivity contribution in [2.24, 2.45) is 0 Å². The Hall–Kier alpha value is -1.37. The van der Waals surface area contributed by atoms with E-state index in [4.69, 9.17) is 0 Å². The van der Waals surface area contributed by atoms with E-state index in [0.717, 1.165) is 26.2 Å². The Labute approximate surface area is 102 Å². The van der Waals surface area contributed by atoms with Crippen LogP contribution in [-0.2, 0) is 4.79 Å². The molecule has 0 atom stereocenters. The first-order valence-corrected chi connectivity index (χ1v) is 5.61. The van der Waals surface area contributed by atoms with Gasteiger partial charge in [0.2, 0.25) is 0 Å². The molecule has 0 unspecified atom stereocenters. The Morgan fingerprint density at radius 1 is 1.41 bits per heavy atom. The summed E-state index contributed by atoms with van der Waals surface area (Å²) >= 11 is 0. The first-order chi connectivity index (χ1) is 8.06. The van der Waals surface area contributed by atoms with E-state index >= 15 is 0 Å². The SMILES string of the molecule is C=CN(C)C(=O)C(=C)NN(C)N1CCNCC1. The molecule has 0 spiro atoms. The number of hydrogen-bond acceptors (Lipinski definition) is 5. The molecule has 1 fully saturated rings. The lowest BCUT2D eigenvalue weighted by atomic mass is 10.4. The molecule has 1 aliphatic rings. The van der Waals surface area contributed by atoms with Gasteiger partial charge in [0.15, 0.2) is 0 Å². The van der Waals surface area contributed by atoms with E-state index in [1.165, 1.54) is 11.1 Å². The van der Waals surface area contributed by atoms with E-state index in [-0.39, 0.29) is 5.91 Å². The molecule has 0 saturated carbocycles. The summed E-state index contributed by atoms with van der Waals surface area (Å²) < 4.78 is 0. The van der Waals surface area contributed by atoms with Crippen LogP contribution < -0.4 is 10.7 Å². The summed E-state index contributed by atoms with van der Waals surface area (Å²) in [5, 5.41) is 7.18. The summed E-state index contributed by atoms with van der Waals surface area (Å²) in [6.07, 6.45) is 1.46. The lowest BCUT2D eigenvalue weighted by Gasteiger charge is -2.35. The highest BCUT2D eigenvalue weighted by Gasteiger charge is 2.17. The standard InChI is InChI=1S/C11H21N5O/c1-5-14(3)11(17)10(2)13-15(4)16-8-6-12-7-9-16/h5,12-13H,1-2,6-9H2,3-4H3. The summed E-state index contributed by atoms with van der Waals surface area (Å²) in [6, 6.07) is 0. The molecule has 6 nitrogen and oxygen atoms in total. The molecule has 96 valence electrons. The maximum Gasteiger partial charge on any atom is 0.274 e. The number of hydrazine groups is 2. The zero-order chi connectivity index (χ0) is 12.8. The Morgan fingerprint density at radius 2 is 2.00 bits per heavy atom. The monoisotopic (exact) mass is 239 g/mol. The molecule has 0 aromatic heterocycles. The summed E-state index contributed by atoms with van der Waals surface area (Å²) in [6.45, 7) is 11.0. The molecule has 17 heavy (non-hydrogen) atoms. The van der Waals surface area contributed by atoms with Gasteiger partial charge in [0.05, 0.1) is 0 Å². The number of nitrogens with one attached hydrogen (secondary N) is 2. The van der Waals surface area contributed by atoms with Gasteiger partial charge in [-0.1, -0.05) is 13.2 Å². The van der Waals surface area contributed by atoms with Crippen molar-refractivity contribution in [1.29, 1.82) is 0 Å². The van der Waals surface area contributed by atoms with Crippen molar-refractivity contribution in [2.45, 2.75) is 0 Å². The predicted octanol–water partition coefficient (Wildman–Crippen LogP) is -0.641. The first-order valence-electron chi connectivity index (χ1n) is 5.61. The lowest BCUT2D eigenvalue weighted by molar-refractivity contribution is -0.126. The van der Waals surface area contributed by atoms with Crippen LogP contribution in [0.3, 0.4) is 0 Å². The highest BCUT2D eigenvalue weighted by Crippen LogP contribution is 1.99. The average Bonchev–Trinajstić information content (AvgIpc) is 2.37. The van der Waals surface area contributed by atoms with Crippen LogP contribution in [0.15, 0.2) is 25.1 Å². The van der Waals surface area contributed by atoms with Gasteiger partial charge in [-0.25, -0.2) is 5.01 Å². The van der Waals surface area contributed by atoms with E-state index in [1.807, 2.05) is 7.05 Å². The molecule has 2 N–H and O–H groups in total. The second-order valence-corrected chi connectivity index (χ2v) is 3.92. The van der Waals surface area contributed by atoms with Crippen LogP contribution in [0.1, 0.15) is 0 Å². The number of amides is 1. The van der Waals surface area contributed by atoms with Crippen LogP contribution >= 0.6 is 0 Å². The number of rotatable bonds is 5. The highest BCUT2D eigenvalue weighted by atomic mass is 16.2. The maximum absolute atomic E-state index is 11.7. The predicted molar refractivity (Wildman–Crippen MR) is 67.4 cm³/mol. The molecule has 0 bridgehead atoms. The molecule has 0 aromatic carbocycles. The zero-order valence-electron chi connectivity index (χ0n) is 10.6. The quantitative estimate of drug-likeness (QED) is 0.494. The summed E-state index contributed by atoms with van der Waals surface area (Å²) in [5.74, 6) is -0.193. The summed E-state index contributed by atoms with van der Waals surface area (Å²) in [4.78, 5) is 13.1. The van der Waals surface area contributed by atoms with Gasteiger partial charge in [-0.3, -0.25) is 4.79 Å². The number of carbonyl (C=O) groups is 1. The summed E-state index contributed by atoms with van der Waals surface area (Å²) in [5.41, 5.74) is 3.29. The Bertz CT molecular complexity index is 298. The minimum Gasteiger partial charge on any atom is -0.317 e. The van der Waals surface area contributed by atoms with Crippen molar-refractivity contribution in [3.8, 4) is 0 Å². The molecule has 1 heterocycles. The molecule has 0 aliphatic carbocycles. The van der Waals surface area contributed by atoms with E-state index in [1.54, 1.807) is 12.2 Å².